The van der Waals surface area contributed by atoms with Gasteiger partial charge in [0.1, 0.15) is 0 Å². The van der Waals surface area contributed by atoms with Crippen LogP contribution in [0, 0.1) is 11.8 Å². The van der Waals surface area contributed by atoms with E-state index in [2.05, 4.69) is 61.6 Å². The van der Waals surface area contributed by atoms with E-state index in [4.69, 9.17) is 0 Å². The van der Waals surface area contributed by atoms with E-state index in [1.54, 1.807) is 0 Å². The lowest BCUT2D eigenvalue weighted by Crippen LogP contribution is -2.21. The summed E-state index contributed by atoms with van der Waals surface area (Å²) in [6.07, 6.45) is 8.53. The predicted octanol–water partition coefficient (Wildman–Crippen LogP) is 6.52. The summed E-state index contributed by atoms with van der Waals surface area (Å²) in [5, 5.41) is 6.47. The topological polar surface area (TPSA) is 12.0 Å². The van der Waals surface area contributed by atoms with Gasteiger partial charge >= 0.3 is 0 Å². The average Bonchev–Trinajstić information content (AvgIpc) is 2.58. The van der Waals surface area contributed by atoms with Gasteiger partial charge < -0.3 is 5.32 Å². The summed E-state index contributed by atoms with van der Waals surface area (Å²) in [5.41, 5.74) is 1.43. The van der Waals surface area contributed by atoms with E-state index in [-0.39, 0.29) is 12.4 Å². The molecule has 2 aromatic carbocycles. The van der Waals surface area contributed by atoms with E-state index < -0.39 is 0 Å². The van der Waals surface area contributed by atoms with Crippen LogP contribution >= 0.6 is 12.4 Å². The molecule has 0 radical (unpaired) electrons. The van der Waals surface area contributed by atoms with Gasteiger partial charge in [0.25, 0.3) is 0 Å². The highest BCUT2D eigenvalue weighted by Crippen LogP contribution is 2.31. The van der Waals surface area contributed by atoms with Crippen LogP contribution in [-0.2, 0) is 0 Å². The molecule has 0 heterocycles. The Labute approximate surface area is 153 Å². The van der Waals surface area contributed by atoms with Crippen molar-refractivity contribution in [3.05, 3.63) is 48.0 Å². The van der Waals surface area contributed by atoms with Crippen molar-refractivity contribution in [2.24, 2.45) is 11.8 Å². The number of nitrogens with one attached hydrogen (secondary N) is 1. The average molecular weight is 346 g/mol. The summed E-state index contributed by atoms with van der Waals surface area (Å²) in [6, 6.07) is 15.8. The lowest BCUT2D eigenvalue weighted by Gasteiger charge is -2.26. The molecule has 1 fully saturated rings. The Hall–Kier alpha value is -1.05. The van der Waals surface area contributed by atoms with E-state index >= 15 is 0 Å². The third kappa shape index (κ3) is 4.97. The molecule has 1 aliphatic carbocycles. The van der Waals surface area contributed by atoms with Gasteiger partial charge in [0.15, 0.2) is 0 Å². The van der Waals surface area contributed by atoms with Gasteiger partial charge in [0.05, 0.1) is 0 Å². The van der Waals surface area contributed by atoms with Crippen molar-refractivity contribution in [2.45, 2.75) is 58.4 Å². The molecule has 3 atom stereocenters. The number of halogens is 1. The molecule has 1 saturated carbocycles. The Morgan fingerprint density at radius 1 is 1.08 bits per heavy atom. The third-order valence-electron chi connectivity index (χ3n) is 5.57. The first-order valence-electron chi connectivity index (χ1n) is 9.45. The van der Waals surface area contributed by atoms with Crippen molar-refractivity contribution in [3.63, 3.8) is 0 Å². The van der Waals surface area contributed by atoms with Crippen LogP contribution in [0.15, 0.2) is 42.5 Å². The largest absolute Gasteiger partial charge is 0.310 e. The second kappa shape index (κ2) is 9.44. The molecule has 0 bridgehead atoms. The number of hydrogen-bond acceptors (Lipinski definition) is 1. The van der Waals surface area contributed by atoms with Crippen LogP contribution in [0.2, 0.25) is 0 Å². The van der Waals surface area contributed by atoms with Crippen molar-refractivity contribution < 1.29 is 0 Å². The highest BCUT2D eigenvalue weighted by Gasteiger charge is 2.18. The summed E-state index contributed by atoms with van der Waals surface area (Å²) in [6.45, 7) is 5.85. The fourth-order valence-corrected chi connectivity index (χ4v) is 4.27. The summed E-state index contributed by atoms with van der Waals surface area (Å²) in [7, 11) is 0. The number of hydrogen-bond donors (Lipinski definition) is 1. The van der Waals surface area contributed by atoms with Crippen molar-refractivity contribution in [1.29, 1.82) is 0 Å². The molecule has 3 unspecified atom stereocenters. The predicted molar refractivity (Wildman–Crippen MR) is 108 cm³/mol. The maximum atomic E-state index is 3.74. The first-order valence-corrected chi connectivity index (χ1v) is 9.45. The number of rotatable bonds is 6. The van der Waals surface area contributed by atoms with Crippen LogP contribution in [0.1, 0.15) is 64.0 Å². The minimum absolute atomic E-state index is 0. The quantitative estimate of drug-likeness (QED) is 0.587. The highest BCUT2D eigenvalue weighted by atomic mass is 35.5. The molecule has 0 amide bonds. The molecule has 1 nitrogen and oxygen atoms in total. The van der Waals surface area contributed by atoms with E-state index in [1.807, 2.05) is 0 Å². The second-order valence-electron chi connectivity index (χ2n) is 7.52. The molecule has 132 valence electrons. The summed E-state index contributed by atoms with van der Waals surface area (Å²) >= 11 is 0. The Morgan fingerprint density at radius 3 is 2.71 bits per heavy atom. The first-order chi connectivity index (χ1) is 11.2. The molecule has 2 heteroatoms. The van der Waals surface area contributed by atoms with Gasteiger partial charge in [-0.05, 0) is 60.9 Å². The lowest BCUT2D eigenvalue weighted by molar-refractivity contribution is 0.264. The van der Waals surface area contributed by atoms with Crippen molar-refractivity contribution in [2.75, 3.05) is 6.54 Å². The van der Waals surface area contributed by atoms with Crippen LogP contribution in [0.4, 0.5) is 0 Å². The monoisotopic (exact) mass is 345 g/mol. The van der Waals surface area contributed by atoms with Crippen molar-refractivity contribution >= 4 is 23.2 Å². The van der Waals surface area contributed by atoms with Gasteiger partial charge in [-0.1, -0.05) is 68.7 Å². The number of fused-ring (bicyclic) bond motifs is 1. The molecule has 3 rings (SSSR count). The highest BCUT2D eigenvalue weighted by molar-refractivity contribution is 5.86. The molecule has 1 aliphatic rings. The normalized spacial score (nSPS) is 22.1. The maximum absolute atomic E-state index is 3.74. The Morgan fingerprint density at radius 2 is 1.88 bits per heavy atom. The van der Waals surface area contributed by atoms with Gasteiger partial charge in [-0.15, -0.1) is 12.4 Å². The van der Waals surface area contributed by atoms with Crippen LogP contribution in [0.3, 0.4) is 0 Å². The third-order valence-corrected chi connectivity index (χ3v) is 5.57. The van der Waals surface area contributed by atoms with E-state index in [0.29, 0.717) is 6.04 Å². The van der Waals surface area contributed by atoms with Gasteiger partial charge in [-0.3, -0.25) is 0 Å². The molecular formula is C22H32ClN. The SMILES string of the molecule is CC1CCCC(CCCNC(C)c2cccc3ccccc23)C1.Cl. The minimum Gasteiger partial charge on any atom is -0.310 e. The van der Waals surface area contributed by atoms with Crippen LogP contribution in [-0.4, -0.2) is 6.54 Å². The van der Waals surface area contributed by atoms with Gasteiger partial charge in [-0.25, -0.2) is 0 Å². The Balaban J connectivity index is 0.00000208. The van der Waals surface area contributed by atoms with Crippen LogP contribution in [0.5, 0.6) is 0 Å². The van der Waals surface area contributed by atoms with Crippen molar-refractivity contribution in [3.8, 4) is 0 Å². The minimum atomic E-state index is 0. The molecule has 0 saturated heterocycles. The van der Waals surface area contributed by atoms with E-state index in [1.165, 1.54) is 54.9 Å². The Kier molecular flexibility index (Phi) is 7.58. The number of benzene rings is 2. The second-order valence-corrected chi connectivity index (χ2v) is 7.52. The van der Waals surface area contributed by atoms with Gasteiger partial charge in [-0.2, -0.15) is 0 Å². The molecular weight excluding hydrogens is 314 g/mol. The van der Waals surface area contributed by atoms with E-state index in [0.717, 1.165) is 18.4 Å². The van der Waals surface area contributed by atoms with Gasteiger partial charge in [0, 0.05) is 6.04 Å². The zero-order chi connectivity index (χ0) is 16.1. The zero-order valence-electron chi connectivity index (χ0n) is 15.1. The molecule has 24 heavy (non-hydrogen) atoms. The lowest BCUT2D eigenvalue weighted by atomic mass is 9.80. The van der Waals surface area contributed by atoms with Gasteiger partial charge in [0.2, 0.25) is 0 Å². The zero-order valence-corrected chi connectivity index (χ0v) is 15.9. The van der Waals surface area contributed by atoms with Crippen LogP contribution < -0.4 is 5.32 Å². The standard InChI is InChI=1S/C22H31N.ClH/c1-17-8-5-9-19(16-17)10-7-15-23-18(2)21-14-6-12-20-11-3-4-13-22(20)21;/h3-4,6,11-14,17-19,23H,5,7-10,15-16H2,1-2H3;1H. The Bertz CT molecular complexity index is 619. The maximum Gasteiger partial charge on any atom is 0.0297 e. The van der Waals surface area contributed by atoms with E-state index in [9.17, 15) is 0 Å². The fourth-order valence-electron chi connectivity index (χ4n) is 4.27. The molecule has 0 aromatic heterocycles. The summed E-state index contributed by atoms with van der Waals surface area (Å²) in [4.78, 5) is 0. The molecule has 0 aliphatic heterocycles. The van der Waals surface area contributed by atoms with Crippen molar-refractivity contribution in [1.82, 2.24) is 5.32 Å². The smallest absolute Gasteiger partial charge is 0.0297 e. The first kappa shape index (κ1) is 19.3. The fraction of sp³-hybridized carbons (Fsp3) is 0.545. The molecule has 2 aromatic rings. The molecule has 0 spiro atoms. The van der Waals surface area contributed by atoms with Crippen LogP contribution in [0.25, 0.3) is 10.8 Å². The molecule has 1 N–H and O–H groups in total. The summed E-state index contributed by atoms with van der Waals surface area (Å²) < 4.78 is 0. The summed E-state index contributed by atoms with van der Waals surface area (Å²) in [5.74, 6) is 1.93.